The average molecular weight is 378 g/mol. The molecule has 8 heteroatoms. The van der Waals surface area contributed by atoms with Crippen LogP contribution in [0.4, 0.5) is 5.13 Å². The Balaban J connectivity index is 1.81. The number of carbonyl (C=O) groups excluding carboxylic acids is 1. The molecule has 0 saturated heterocycles. The van der Waals surface area contributed by atoms with E-state index in [0.29, 0.717) is 4.96 Å². The predicted octanol–water partition coefficient (Wildman–Crippen LogP) is 2.84. The Morgan fingerprint density at radius 3 is 2.54 bits per heavy atom. The Kier molecular flexibility index (Phi) is 6.24. The van der Waals surface area contributed by atoms with Gasteiger partial charge in [0, 0.05) is 25.3 Å². The third-order valence-corrected chi connectivity index (χ3v) is 5.98. The smallest absolute Gasteiger partial charge is 0.288 e. The summed E-state index contributed by atoms with van der Waals surface area (Å²) in [5.74, 6) is -0.333. The third kappa shape index (κ3) is 4.06. The van der Waals surface area contributed by atoms with Crippen LogP contribution in [-0.2, 0) is 0 Å². The molecule has 1 aliphatic carbocycles. The van der Waals surface area contributed by atoms with E-state index in [2.05, 4.69) is 20.3 Å². The van der Waals surface area contributed by atoms with Gasteiger partial charge in [0.1, 0.15) is 5.56 Å². The fourth-order valence-corrected chi connectivity index (χ4v) is 4.41. The Bertz CT molecular complexity index is 804. The molecule has 1 aliphatic rings. The van der Waals surface area contributed by atoms with Crippen LogP contribution < -0.4 is 15.8 Å². The number of carbonyl (C=O) groups is 1. The van der Waals surface area contributed by atoms with Gasteiger partial charge in [0.25, 0.3) is 11.5 Å². The summed E-state index contributed by atoms with van der Waals surface area (Å²) in [6.45, 7) is 5.69. The van der Waals surface area contributed by atoms with Gasteiger partial charge < -0.3 is 10.2 Å². The molecule has 0 spiro atoms. The first-order chi connectivity index (χ1) is 12.6. The highest BCUT2D eigenvalue weighted by molar-refractivity contribution is 7.20. The molecule has 0 radical (unpaired) electrons. The molecule has 1 fully saturated rings. The highest BCUT2D eigenvalue weighted by Crippen LogP contribution is 2.21. The number of nitrogens with one attached hydrogen (secondary N) is 1. The van der Waals surface area contributed by atoms with Gasteiger partial charge in [0.2, 0.25) is 10.1 Å². The predicted molar refractivity (Wildman–Crippen MR) is 104 cm³/mol. The van der Waals surface area contributed by atoms with Crippen molar-refractivity contribution in [3.8, 4) is 0 Å². The van der Waals surface area contributed by atoms with Crippen LogP contribution in [0.15, 0.2) is 11.0 Å². The largest absolute Gasteiger partial charge is 0.349 e. The van der Waals surface area contributed by atoms with Crippen molar-refractivity contribution in [1.82, 2.24) is 19.9 Å². The van der Waals surface area contributed by atoms with Crippen LogP contribution in [0.3, 0.4) is 0 Å². The lowest BCUT2D eigenvalue weighted by molar-refractivity contribution is 0.0928. The van der Waals surface area contributed by atoms with Gasteiger partial charge in [0.15, 0.2) is 0 Å². The van der Waals surface area contributed by atoms with Crippen LogP contribution in [0.25, 0.3) is 4.96 Å². The zero-order chi connectivity index (χ0) is 18.5. The Labute approximate surface area is 157 Å². The standard InChI is InChI=1S/C18H27N5O2S/c1-3-22(4-2)18-21-23-16(25)14(12-19-17(23)26-18)15(24)20-13-10-8-6-5-7-9-11-13/h12-13H,3-11H2,1-2H3,(H,20,24). The average Bonchev–Trinajstić information content (AvgIpc) is 3.03. The fourth-order valence-electron chi connectivity index (χ4n) is 3.42. The highest BCUT2D eigenvalue weighted by atomic mass is 32.1. The molecule has 0 bridgehead atoms. The molecule has 3 rings (SSSR count). The van der Waals surface area contributed by atoms with Crippen LogP contribution >= 0.6 is 11.3 Å². The van der Waals surface area contributed by atoms with Crippen molar-refractivity contribution in [2.75, 3.05) is 18.0 Å². The molecule has 0 aromatic carbocycles. The molecule has 1 N–H and O–H groups in total. The van der Waals surface area contributed by atoms with E-state index in [0.717, 1.165) is 43.9 Å². The van der Waals surface area contributed by atoms with Crippen molar-refractivity contribution in [3.05, 3.63) is 22.1 Å². The quantitative estimate of drug-likeness (QED) is 0.867. The number of hydrogen-bond donors (Lipinski definition) is 1. The van der Waals surface area contributed by atoms with Gasteiger partial charge >= 0.3 is 0 Å². The van der Waals surface area contributed by atoms with E-state index in [9.17, 15) is 9.59 Å². The maximum atomic E-state index is 12.7. The van der Waals surface area contributed by atoms with E-state index in [1.165, 1.54) is 41.3 Å². The summed E-state index contributed by atoms with van der Waals surface area (Å²) in [5, 5.41) is 8.16. The lowest BCUT2D eigenvalue weighted by Crippen LogP contribution is -2.38. The van der Waals surface area contributed by atoms with E-state index >= 15 is 0 Å². The van der Waals surface area contributed by atoms with E-state index in [1.54, 1.807) is 0 Å². The number of anilines is 1. The summed E-state index contributed by atoms with van der Waals surface area (Å²) >= 11 is 1.36. The van der Waals surface area contributed by atoms with Gasteiger partial charge in [-0.15, -0.1) is 5.10 Å². The number of nitrogens with zero attached hydrogens (tertiary/aromatic N) is 4. The molecular formula is C18H27N5O2S. The van der Waals surface area contributed by atoms with Crippen LogP contribution in [0, 0.1) is 0 Å². The second-order valence-corrected chi connectivity index (χ2v) is 7.68. The molecule has 7 nitrogen and oxygen atoms in total. The van der Waals surface area contributed by atoms with Crippen molar-refractivity contribution < 1.29 is 4.79 Å². The van der Waals surface area contributed by atoms with Crippen LogP contribution in [0.1, 0.15) is 69.2 Å². The molecular weight excluding hydrogens is 350 g/mol. The number of rotatable bonds is 5. The molecule has 2 heterocycles. The van der Waals surface area contributed by atoms with Gasteiger partial charge in [-0.2, -0.15) is 4.52 Å². The number of fused-ring (bicyclic) bond motifs is 1. The summed E-state index contributed by atoms with van der Waals surface area (Å²) in [4.78, 5) is 32.2. The first-order valence-electron chi connectivity index (χ1n) is 9.58. The minimum Gasteiger partial charge on any atom is -0.349 e. The summed E-state index contributed by atoms with van der Waals surface area (Å²) in [6.07, 6.45) is 9.31. The normalized spacial score (nSPS) is 16.2. The number of amides is 1. The maximum Gasteiger partial charge on any atom is 0.288 e. The minimum absolute atomic E-state index is 0.0703. The van der Waals surface area contributed by atoms with Crippen molar-refractivity contribution in [3.63, 3.8) is 0 Å². The van der Waals surface area contributed by atoms with Crippen molar-refractivity contribution >= 4 is 27.3 Å². The molecule has 26 heavy (non-hydrogen) atoms. The molecule has 142 valence electrons. The molecule has 1 saturated carbocycles. The van der Waals surface area contributed by atoms with E-state index < -0.39 is 5.56 Å². The number of hydrogen-bond acceptors (Lipinski definition) is 6. The zero-order valence-electron chi connectivity index (χ0n) is 15.5. The van der Waals surface area contributed by atoms with E-state index in [1.807, 2.05) is 13.8 Å². The van der Waals surface area contributed by atoms with Crippen molar-refractivity contribution in [2.24, 2.45) is 0 Å². The van der Waals surface area contributed by atoms with Gasteiger partial charge in [-0.1, -0.05) is 43.4 Å². The topological polar surface area (TPSA) is 79.6 Å². The van der Waals surface area contributed by atoms with Gasteiger partial charge in [-0.05, 0) is 26.7 Å². The first-order valence-corrected chi connectivity index (χ1v) is 10.4. The number of aromatic nitrogens is 3. The fraction of sp³-hybridized carbons (Fsp3) is 0.667. The van der Waals surface area contributed by atoms with E-state index in [4.69, 9.17) is 0 Å². The van der Waals surface area contributed by atoms with Crippen LogP contribution in [0.2, 0.25) is 0 Å². The SMILES string of the molecule is CCN(CC)c1nn2c(=O)c(C(=O)NC3CCCCCCC3)cnc2s1. The summed E-state index contributed by atoms with van der Waals surface area (Å²) in [5.41, 5.74) is -0.325. The first kappa shape index (κ1) is 18.8. The van der Waals surface area contributed by atoms with E-state index in [-0.39, 0.29) is 17.5 Å². The summed E-state index contributed by atoms with van der Waals surface area (Å²) in [7, 11) is 0. The van der Waals surface area contributed by atoms with Gasteiger partial charge in [-0.3, -0.25) is 9.59 Å². The molecule has 0 atom stereocenters. The Morgan fingerprint density at radius 2 is 1.88 bits per heavy atom. The summed E-state index contributed by atoms with van der Waals surface area (Å²) < 4.78 is 1.26. The van der Waals surface area contributed by atoms with Gasteiger partial charge in [-0.25, -0.2) is 4.98 Å². The zero-order valence-corrected chi connectivity index (χ0v) is 16.3. The summed E-state index contributed by atoms with van der Waals surface area (Å²) in [6, 6.07) is 0.143. The maximum absolute atomic E-state index is 12.7. The molecule has 2 aromatic rings. The Hall–Kier alpha value is -1.96. The third-order valence-electron chi connectivity index (χ3n) is 5.00. The molecule has 0 aliphatic heterocycles. The van der Waals surface area contributed by atoms with Crippen LogP contribution in [-0.4, -0.2) is 39.6 Å². The Morgan fingerprint density at radius 1 is 1.23 bits per heavy atom. The molecule has 0 unspecified atom stereocenters. The minimum atomic E-state index is -0.395. The van der Waals surface area contributed by atoms with Crippen molar-refractivity contribution in [1.29, 1.82) is 0 Å². The van der Waals surface area contributed by atoms with Gasteiger partial charge in [0.05, 0.1) is 0 Å². The molecule has 2 aromatic heterocycles. The van der Waals surface area contributed by atoms with Crippen LogP contribution in [0.5, 0.6) is 0 Å². The molecule has 1 amide bonds. The highest BCUT2D eigenvalue weighted by Gasteiger charge is 2.20. The lowest BCUT2D eigenvalue weighted by Gasteiger charge is -2.20. The van der Waals surface area contributed by atoms with Crippen molar-refractivity contribution in [2.45, 2.75) is 64.8 Å². The second-order valence-electron chi connectivity index (χ2n) is 6.74. The monoisotopic (exact) mass is 377 g/mol. The lowest BCUT2D eigenvalue weighted by atomic mass is 9.96. The second kappa shape index (κ2) is 8.62.